The van der Waals surface area contributed by atoms with Crippen LogP contribution >= 0.6 is 11.6 Å². The van der Waals surface area contributed by atoms with E-state index in [1.54, 1.807) is 30.5 Å². The van der Waals surface area contributed by atoms with E-state index in [0.29, 0.717) is 22.3 Å². The van der Waals surface area contributed by atoms with Gasteiger partial charge in [-0.15, -0.1) is 0 Å². The number of hydrogen-bond donors (Lipinski definition) is 2. The van der Waals surface area contributed by atoms with Gasteiger partial charge in [0, 0.05) is 11.1 Å². The lowest BCUT2D eigenvalue weighted by Gasteiger charge is -2.14. The van der Waals surface area contributed by atoms with Gasteiger partial charge in [0.1, 0.15) is 6.07 Å². The van der Waals surface area contributed by atoms with E-state index in [2.05, 4.69) is 15.5 Å². The number of benzene rings is 2. The van der Waals surface area contributed by atoms with E-state index in [1.807, 2.05) is 6.07 Å². The molecule has 26 heavy (non-hydrogen) atoms. The Bertz CT molecular complexity index is 1040. The Kier molecular flexibility index (Phi) is 4.87. The predicted octanol–water partition coefficient (Wildman–Crippen LogP) is 3.27. The Hall–Kier alpha value is -3.37. The number of esters is 1. The molecule has 1 unspecified atom stereocenters. The molecule has 0 saturated carbocycles. The summed E-state index contributed by atoms with van der Waals surface area (Å²) in [4.78, 5) is 24.4. The molecule has 2 aromatic carbocycles. The summed E-state index contributed by atoms with van der Waals surface area (Å²) in [5, 5.41) is 19.2. The molecule has 1 amide bonds. The van der Waals surface area contributed by atoms with Crippen LogP contribution in [0.4, 0.5) is 5.69 Å². The van der Waals surface area contributed by atoms with E-state index in [0.717, 1.165) is 5.39 Å². The van der Waals surface area contributed by atoms with Crippen molar-refractivity contribution in [2.75, 3.05) is 5.32 Å². The molecule has 0 aliphatic rings. The zero-order valence-corrected chi connectivity index (χ0v) is 14.4. The molecule has 0 aliphatic heterocycles. The van der Waals surface area contributed by atoms with Crippen molar-refractivity contribution in [3.63, 3.8) is 0 Å². The fraction of sp³-hybridized carbons (Fsp3) is 0.111. The summed E-state index contributed by atoms with van der Waals surface area (Å²) in [6.07, 6.45) is 0.623. The summed E-state index contributed by atoms with van der Waals surface area (Å²) in [5.41, 5.74) is 1.71. The molecule has 0 bridgehead atoms. The number of aromatic nitrogens is 2. The van der Waals surface area contributed by atoms with E-state index in [1.165, 1.54) is 19.1 Å². The standard InChI is InChI=1S/C18H13ClN4O3/c1-10(17(24)22-14-5-4-12(8-20)15(19)7-14)26-18(25)11-2-3-13-9-21-23-16(13)6-11/h2-7,9-10H,1H3,(H,21,23)(H,22,24). The second-order valence-electron chi connectivity index (χ2n) is 5.52. The fourth-order valence-corrected chi connectivity index (χ4v) is 2.50. The van der Waals surface area contributed by atoms with Crippen LogP contribution in [0.5, 0.6) is 0 Å². The summed E-state index contributed by atoms with van der Waals surface area (Å²) in [6, 6.07) is 11.4. The van der Waals surface area contributed by atoms with Crippen LogP contribution in [0.2, 0.25) is 5.02 Å². The molecule has 0 saturated heterocycles. The minimum Gasteiger partial charge on any atom is -0.449 e. The Morgan fingerprint density at radius 1 is 1.31 bits per heavy atom. The third-order valence-corrected chi connectivity index (χ3v) is 4.00. The molecular weight excluding hydrogens is 356 g/mol. The SMILES string of the molecule is CC(OC(=O)c1ccc2cn[nH]c2c1)C(=O)Nc1ccc(C#N)c(Cl)c1. The van der Waals surface area contributed by atoms with Crippen molar-refractivity contribution in [1.29, 1.82) is 5.26 Å². The maximum Gasteiger partial charge on any atom is 0.338 e. The van der Waals surface area contributed by atoms with Gasteiger partial charge in [-0.25, -0.2) is 4.79 Å². The van der Waals surface area contributed by atoms with Gasteiger partial charge >= 0.3 is 5.97 Å². The zero-order valence-electron chi connectivity index (χ0n) is 13.6. The van der Waals surface area contributed by atoms with E-state index in [-0.39, 0.29) is 5.02 Å². The normalized spacial score (nSPS) is 11.6. The number of rotatable bonds is 4. The van der Waals surface area contributed by atoms with Gasteiger partial charge < -0.3 is 10.1 Å². The molecule has 1 atom stereocenters. The molecule has 1 aromatic heterocycles. The first-order chi connectivity index (χ1) is 12.5. The van der Waals surface area contributed by atoms with Gasteiger partial charge in [0.05, 0.1) is 27.9 Å². The molecule has 7 nitrogen and oxygen atoms in total. The monoisotopic (exact) mass is 368 g/mol. The van der Waals surface area contributed by atoms with Crippen LogP contribution in [0.25, 0.3) is 10.9 Å². The van der Waals surface area contributed by atoms with Crippen molar-refractivity contribution in [2.24, 2.45) is 0 Å². The molecule has 0 spiro atoms. The van der Waals surface area contributed by atoms with Gasteiger partial charge in [-0.2, -0.15) is 10.4 Å². The summed E-state index contributed by atoms with van der Waals surface area (Å²) in [6.45, 7) is 1.47. The number of halogens is 1. The van der Waals surface area contributed by atoms with Crippen molar-refractivity contribution >= 4 is 40.1 Å². The highest BCUT2D eigenvalue weighted by molar-refractivity contribution is 6.32. The van der Waals surface area contributed by atoms with E-state index in [4.69, 9.17) is 21.6 Å². The minimum atomic E-state index is -1.02. The summed E-state index contributed by atoms with van der Waals surface area (Å²) < 4.78 is 5.20. The average Bonchev–Trinajstić information content (AvgIpc) is 3.09. The number of amides is 1. The summed E-state index contributed by atoms with van der Waals surface area (Å²) >= 11 is 5.93. The molecule has 3 aromatic rings. The smallest absolute Gasteiger partial charge is 0.338 e. The van der Waals surface area contributed by atoms with Gasteiger partial charge in [0.2, 0.25) is 0 Å². The lowest BCUT2D eigenvalue weighted by molar-refractivity contribution is -0.123. The second kappa shape index (κ2) is 7.25. The highest BCUT2D eigenvalue weighted by atomic mass is 35.5. The number of carbonyl (C=O) groups excluding carboxylic acids is 2. The third kappa shape index (κ3) is 3.66. The molecule has 1 heterocycles. The van der Waals surface area contributed by atoms with Crippen LogP contribution in [-0.2, 0) is 9.53 Å². The first-order valence-electron chi connectivity index (χ1n) is 7.62. The fourth-order valence-electron chi connectivity index (χ4n) is 2.27. The molecule has 0 fully saturated rings. The molecular formula is C18H13ClN4O3. The average molecular weight is 369 g/mol. The lowest BCUT2D eigenvalue weighted by Crippen LogP contribution is -2.30. The number of hydrogen-bond acceptors (Lipinski definition) is 5. The maximum atomic E-state index is 12.2. The van der Waals surface area contributed by atoms with E-state index in [9.17, 15) is 9.59 Å². The molecule has 8 heteroatoms. The number of ether oxygens (including phenoxy) is 1. The van der Waals surface area contributed by atoms with Crippen LogP contribution in [0.15, 0.2) is 42.6 Å². The first-order valence-corrected chi connectivity index (χ1v) is 8.00. The lowest BCUT2D eigenvalue weighted by atomic mass is 10.2. The summed E-state index contributed by atoms with van der Waals surface area (Å²) in [7, 11) is 0. The van der Waals surface area contributed by atoms with Crippen LogP contribution < -0.4 is 5.32 Å². The number of nitriles is 1. The van der Waals surface area contributed by atoms with Gasteiger partial charge in [-0.3, -0.25) is 9.89 Å². The number of anilines is 1. The van der Waals surface area contributed by atoms with Gasteiger partial charge in [0.25, 0.3) is 5.91 Å². The van der Waals surface area contributed by atoms with Crippen LogP contribution in [0.3, 0.4) is 0 Å². The van der Waals surface area contributed by atoms with Crippen molar-refractivity contribution in [3.05, 3.63) is 58.7 Å². The number of H-pyrrole nitrogens is 1. The predicted molar refractivity (Wildman–Crippen MR) is 95.8 cm³/mol. The quantitative estimate of drug-likeness (QED) is 0.687. The molecule has 0 radical (unpaired) electrons. The van der Waals surface area contributed by atoms with Crippen LogP contribution in [0, 0.1) is 11.3 Å². The Morgan fingerprint density at radius 3 is 2.85 bits per heavy atom. The number of nitrogens with one attached hydrogen (secondary N) is 2. The van der Waals surface area contributed by atoms with Crippen molar-refractivity contribution in [1.82, 2.24) is 10.2 Å². The third-order valence-electron chi connectivity index (χ3n) is 3.69. The largest absolute Gasteiger partial charge is 0.449 e. The zero-order chi connectivity index (χ0) is 18.7. The highest BCUT2D eigenvalue weighted by Gasteiger charge is 2.19. The van der Waals surface area contributed by atoms with Crippen molar-refractivity contribution in [3.8, 4) is 6.07 Å². The topological polar surface area (TPSA) is 108 Å². The molecule has 0 aliphatic carbocycles. The maximum absolute atomic E-state index is 12.2. The number of fused-ring (bicyclic) bond motifs is 1. The minimum absolute atomic E-state index is 0.225. The van der Waals surface area contributed by atoms with Gasteiger partial charge in [0.15, 0.2) is 6.10 Å². The first kappa shape index (κ1) is 17.5. The van der Waals surface area contributed by atoms with Gasteiger partial charge in [-0.1, -0.05) is 17.7 Å². The van der Waals surface area contributed by atoms with Crippen molar-refractivity contribution in [2.45, 2.75) is 13.0 Å². The number of aromatic amines is 1. The molecule has 2 N–H and O–H groups in total. The van der Waals surface area contributed by atoms with E-state index < -0.39 is 18.0 Å². The summed E-state index contributed by atoms with van der Waals surface area (Å²) in [5.74, 6) is -1.14. The Balaban J connectivity index is 1.65. The number of carbonyl (C=O) groups is 2. The molecule has 3 rings (SSSR count). The highest BCUT2D eigenvalue weighted by Crippen LogP contribution is 2.20. The van der Waals surface area contributed by atoms with E-state index >= 15 is 0 Å². The van der Waals surface area contributed by atoms with Gasteiger partial charge in [-0.05, 0) is 37.3 Å². The molecule has 130 valence electrons. The second-order valence-corrected chi connectivity index (χ2v) is 5.92. The Morgan fingerprint density at radius 2 is 2.12 bits per heavy atom. The van der Waals surface area contributed by atoms with Crippen LogP contribution in [-0.4, -0.2) is 28.2 Å². The number of nitrogens with zero attached hydrogens (tertiary/aromatic N) is 2. The van der Waals surface area contributed by atoms with Crippen LogP contribution in [0.1, 0.15) is 22.8 Å². The Labute approximate surface area is 153 Å². The van der Waals surface area contributed by atoms with Crippen molar-refractivity contribution < 1.29 is 14.3 Å².